The number of hydrogen-bond acceptors (Lipinski definition) is 2. The summed E-state index contributed by atoms with van der Waals surface area (Å²) in [5.41, 5.74) is 5.88. The molecule has 3 nitrogen and oxygen atoms in total. The molecule has 0 aromatic rings. The molecule has 0 aliphatic heterocycles. The van der Waals surface area contributed by atoms with Gasteiger partial charge < -0.3 is 10.6 Å². The summed E-state index contributed by atoms with van der Waals surface area (Å²) in [5.74, 6) is 1.08. The first-order chi connectivity index (χ1) is 7.06. The topological polar surface area (TPSA) is 46.3 Å². The second-order valence-electron chi connectivity index (χ2n) is 4.94. The lowest BCUT2D eigenvalue weighted by Crippen LogP contribution is -2.48. The molecule has 0 aromatic heterocycles. The Morgan fingerprint density at radius 2 is 2.07 bits per heavy atom. The summed E-state index contributed by atoms with van der Waals surface area (Å²) in [6.07, 6.45) is 3.88. The summed E-state index contributed by atoms with van der Waals surface area (Å²) in [5, 5.41) is 0. The van der Waals surface area contributed by atoms with E-state index in [4.69, 9.17) is 5.73 Å². The lowest BCUT2D eigenvalue weighted by Gasteiger charge is -2.33. The minimum absolute atomic E-state index is 0.124. The van der Waals surface area contributed by atoms with Gasteiger partial charge in [-0.1, -0.05) is 20.3 Å². The van der Waals surface area contributed by atoms with Crippen molar-refractivity contribution >= 4 is 5.91 Å². The van der Waals surface area contributed by atoms with Gasteiger partial charge in [0.25, 0.3) is 0 Å². The fraction of sp³-hybridized carbons (Fsp3) is 0.917. The van der Waals surface area contributed by atoms with Crippen LogP contribution in [0.1, 0.15) is 40.0 Å². The molecular weight excluding hydrogens is 188 g/mol. The zero-order chi connectivity index (χ0) is 11.4. The Balaban J connectivity index is 2.45. The van der Waals surface area contributed by atoms with Gasteiger partial charge in [-0.2, -0.15) is 0 Å². The number of nitrogens with two attached hydrogens (primary N) is 1. The van der Waals surface area contributed by atoms with Gasteiger partial charge in [-0.15, -0.1) is 0 Å². The predicted molar refractivity (Wildman–Crippen MR) is 62.4 cm³/mol. The van der Waals surface area contributed by atoms with Gasteiger partial charge in [0.2, 0.25) is 5.91 Å². The number of carbonyl (C=O) groups is 1. The third-order valence-electron chi connectivity index (χ3n) is 3.40. The molecule has 1 rings (SSSR count). The van der Waals surface area contributed by atoms with E-state index in [1.165, 1.54) is 19.3 Å². The third kappa shape index (κ3) is 3.20. The van der Waals surface area contributed by atoms with E-state index in [0.717, 1.165) is 19.0 Å². The molecule has 0 saturated heterocycles. The summed E-state index contributed by atoms with van der Waals surface area (Å²) in [6.45, 7) is 7.73. The van der Waals surface area contributed by atoms with Crippen LogP contribution in [0, 0.1) is 11.8 Å². The number of carbonyl (C=O) groups excluding carboxylic acids is 1. The largest absolute Gasteiger partial charge is 0.341 e. The molecule has 1 aliphatic carbocycles. The van der Waals surface area contributed by atoms with Gasteiger partial charge in [0.05, 0.1) is 6.04 Å². The van der Waals surface area contributed by atoms with Gasteiger partial charge in [0.1, 0.15) is 0 Å². The normalized spacial score (nSPS) is 18.7. The Bertz CT molecular complexity index is 212. The number of amides is 1. The molecule has 1 amide bonds. The smallest absolute Gasteiger partial charge is 0.239 e. The minimum Gasteiger partial charge on any atom is -0.341 e. The molecule has 1 aliphatic rings. The summed E-state index contributed by atoms with van der Waals surface area (Å²) in [6, 6.07) is -0.329. The lowest BCUT2D eigenvalue weighted by molar-refractivity contribution is -0.134. The number of nitrogens with zero attached hydrogens (tertiary/aromatic N) is 1. The quantitative estimate of drug-likeness (QED) is 0.752. The standard InChI is InChI=1S/C12H24N2O/c1-4-14(8-10-6-5-7-10)12(15)11(13)9(2)3/h9-11H,4-8,13H2,1-3H3/t11-/m1/s1. The molecule has 0 unspecified atom stereocenters. The lowest BCUT2D eigenvalue weighted by atomic mass is 9.85. The maximum Gasteiger partial charge on any atom is 0.239 e. The Morgan fingerprint density at radius 1 is 1.47 bits per heavy atom. The molecule has 1 fully saturated rings. The fourth-order valence-corrected chi connectivity index (χ4v) is 1.86. The molecule has 2 N–H and O–H groups in total. The Hall–Kier alpha value is -0.570. The van der Waals surface area contributed by atoms with Crippen LogP contribution in [-0.2, 0) is 4.79 Å². The van der Waals surface area contributed by atoms with Crippen molar-refractivity contribution < 1.29 is 4.79 Å². The van der Waals surface area contributed by atoms with Crippen LogP contribution in [0.4, 0.5) is 0 Å². The van der Waals surface area contributed by atoms with Crippen LogP contribution in [0.2, 0.25) is 0 Å². The Morgan fingerprint density at radius 3 is 2.40 bits per heavy atom. The Labute approximate surface area is 93.0 Å². The van der Waals surface area contributed by atoms with E-state index in [2.05, 4.69) is 0 Å². The zero-order valence-corrected chi connectivity index (χ0v) is 10.2. The fourth-order valence-electron chi connectivity index (χ4n) is 1.86. The number of rotatable bonds is 5. The van der Waals surface area contributed by atoms with Gasteiger partial charge in [-0.25, -0.2) is 0 Å². The highest BCUT2D eigenvalue weighted by Crippen LogP contribution is 2.27. The molecule has 0 aromatic carbocycles. The van der Waals surface area contributed by atoms with E-state index < -0.39 is 0 Å². The van der Waals surface area contributed by atoms with Crippen molar-refractivity contribution in [2.45, 2.75) is 46.1 Å². The van der Waals surface area contributed by atoms with Crippen molar-refractivity contribution in [2.75, 3.05) is 13.1 Å². The van der Waals surface area contributed by atoms with Crippen LogP contribution in [0.15, 0.2) is 0 Å². The Kier molecular flexibility index (Phi) is 4.58. The molecule has 0 heterocycles. The van der Waals surface area contributed by atoms with Crippen molar-refractivity contribution in [1.82, 2.24) is 4.90 Å². The first kappa shape index (κ1) is 12.5. The predicted octanol–water partition coefficient (Wildman–Crippen LogP) is 1.62. The van der Waals surface area contributed by atoms with Crippen molar-refractivity contribution in [3.05, 3.63) is 0 Å². The van der Waals surface area contributed by atoms with E-state index in [0.29, 0.717) is 0 Å². The first-order valence-electron chi connectivity index (χ1n) is 6.10. The van der Waals surface area contributed by atoms with Crippen LogP contribution in [0.5, 0.6) is 0 Å². The van der Waals surface area contributed by atoms with Crippen molar-refractivity contribution in [3.8, 4) is 0 Å². The van der Waals surface area contributed by atoms with Crippen LogP contribution < -0.4 is 5.73 Å². The molecule has 3 heteroatoms. The summed E-state index contributed by atoms with van der Waals surface area (Å²) < 4.78 is 0. The summed E-state index contributed by atoms with van der Waals surface area (Å²) in [4.78, 5) is 13.9. The molecule has 15 heavy (non-hydrogen) atoms. The number of hydrogen-bond donors (Lipinski definition) is 1. The van der Waals surface area contributed by atoms with Crippen molar-refractivity contribution in [1.29, 1.82) is 0 Å². The van der Waals surface area contributed by atoms with Crippen LogP contribution in [0.25, 0.3) is 0 Å². The minimum atomic E-state index is -0.329. The molecule has 0 radical (unpaired) electrons. The summed E-state index contributed by atoms with van der Waals surface area (Å²) >= 11 is 0. The van der Waals surface area contributed by atoms with Gasteiger partial charge in [-0.3, -0.25) is 4.79 Å². The SMILES string of the molecule is CCN(CC1CCC1)C(=O)[C@H](N)C(C)C. The average Bonchev–Trinajstić information content (AvgIpc) is 2.14. The maximum atomic E-state index is 12.0. The van der Waals surface area contributed by atoms with E-state index >= 15 is 0 Å². The third-order valence-corrected chi connectivity index (χ3v) is 3.40. The molecular formula is C12H24N2O. The van der Waals surface area contributed by atoms with E-state index in [-0.39, 0.29) is 17.9 Å². The maximum absolute atomic E-state index is 12.0. The molecule has 0 spiro atoms. The number of likely N-dealkylation sites (N-methyl/N-ethyl adjacent to an activating group) is 1. The van der Waals surface area contributed by atoms with Gasteiger partial charge >= 0.3 is 0 Å². The monoisotopic (exact) mass is 212 g/mol. The van der Waals surface area contributed by atoms with E-state index in [1.54, 1.807) is 0 Å². The first-order valence-corrected chi connectivity index (χ1v) is 6.10. The van der Waals surface area contributed by atoms with Crippen LogP contribution in [0.3, 0.4) is 0 Å². The van der Waals surface area contributed by atoms with Crippen LogP contribution >= 0.6 is 0 Å². The highest BCUT2D eigenvalue weighted by molar-refractivity contribution is 5.81. The second kappa shape index (κ2) is 5.50. The van der Waals surface area contributed by atoms with Crippen molar-refractivity contribution in [3.63, 3.8) is 0 Å². The average molecular weight is 212 g/mol. The van der Waals surface area contributed by atoms with Gasteiger partial charge in [0.15, 0.2) is 0 Å². The zero-order valence-electron chi connectivity index (χ0n) is 10.2. The van der Waals surface area contributed by atoms with Crippen molar-refractivity contribution in [2.24, 2.45) is 17.6 Å². The molecule has 88 valence electrons. The van der Waals surface area contributed by atoms with Crippen LogP contribution in [-0.4, -0.2) is 29.9 Å². The highest BCUT2D eigenvalue weighted by atomic mass is 16.2. The van der Waals surface area contributed by atoms with Gasteiger partial charge in [-0.05, 0) is 31.6 Å². The van der Waals surface area contributed by atoms with Gasteiger partial charge in [0, 0.05) is 13.1 Å². The van der Waals surface area contributed by atoms with E-state index in [1.807, 2.05) is 25.7 Å². The molecule has 0 bridgehead atoms. The molecule has 1 atom stereocenters. The summed E-state index contributed by atoms with van der Waals surface area (Å²) in [7, 11) is 0. The molecule has 1 saturated carbocycles. The highest BCUT2D eigenvalue weighted by Gasteiger charge is 2.26. The second-order valence-corrected chi connectivity index (χ2v) is 4.94. The van der Waals surface area contributed by atoms with E-state index in [9.17, 15) is 4.79 Å².